The molecule has 2 aromatic heterocycles. The summed E-state index contributed by atoms with van der Waals surface area (Å²) >= 11 is 0. The Morgan fingerprint density at radius 3 is 2.25 bits per heavy atom. The number of pyridine rings is 1. The van der Waals surface area contributed by atoms with Crippen molar-refractivity contribution < 1.29 is 9.25 Å². The lowest BCUT2D eigenvalue weighted by molar-refractivity contribution is -0.743. The number of aryl methyl sites for hydroxylation is 2. The largest absolute Gasteiger partial charge is 0.246 e. The highest BCUT2D eigenvalue weighted by atomic mass is 15.4. The summed E-state index contributed by atoms with van der Waals surface area (Å²) in [5, 5.41) is 3.82. The summed E-state index contributed by atoms with van der Waals surface area (Å²) in [6.07, 6.45) is 2.27. The first kappa shape index (κ1) is 20.4. The van der Waals surface area contributed by atoms with Gasteiger partial charge in [0.15, 0.2) is 18.9 Å². The molecule has 3 heteroatoms. The van der Waals surface area contributed by atoms with Gasteiger partial charge in [-0.3, -0.25) is 0 Å². The van der Waals surface area contributed by atoms with E-state index in [0.717, 1.165) is 0 Å². The van der Waals surface area contributed by atoms with Crippen molar-refractivity contribution in [3.05, 3.63) is 89.7 Å². The van der Waals surface area contributed by atoms with Crippen molar-refractivity contribution in [3.63, 3.8) is 0 Å². The van der Waals surface area contributed by atoms with E-state index >= 15 is 0 Å². The SMILES string of the molecule is Cc1cc(-c2c3ccccc3n(C(C)C)[n+]2C)c(C)c(-[n+]2cc3ccccc3cc2C)c1. The zero-order chi connectivity index (χ0) is 22.6. The van der Waals surface area contributed by atoms with Crippen molar-refractivity contribution in [1.82, 2.24) is 4.68 Å². The van der Waals surface area contributed by atoms with Crippen LogP contribution in [0.3, 0.4) is 0 Å². The number of rotatable bonds is 3. The molecule has 3 aromatic carbocycles. The minimum atomic E-state index is 0.375. The van der Waals surface area contributed by atoms with Crippen molar-refractivity contribution >= 4 is 21.7 Å². The third-order valence-corrected chi connectivity index (χ3v) is 6.59. The lowest BCUT2D eigenvalue weighted by Gasteiger charge is -2.10. The monoisotopic (exact) mass is 421 g/mol. The molecule has 0 radical (unpaired) electrons. The average molecular weight is 422 g/mol. The van der Waals surface area contributed by atoms with Crippen LogP contribution in [0.15, 0.2) is 72.9 Å². The molecule has 2 heterocycles. The van der Waals surface area contributed by atoms with Crippen LogP contribution in [0.2, 0.25) is 0 Å². The maximum atomic E-state index is 2.39. The second kappa shape index (κ2) is 7.59. The Hall–Kier alpha value is -3.46. The van der Waals surface area contributed by atoms with Gasteiger partial charge in [0.25, 0.3) is 0 Å². The fourth-order valence-electron chi connectivity index (χ4n) is 5.15. The van der Waals surface area contributed by atoms with Crippen LogP contribution < -0.4 is 9.25 Å². The summed E-state index contributed by atoms with van der Waals surface area (Å²) < 4.78 is 7.06. The average Bonchev–Trinajstić information content (AvgIpc) is 3.06. The molecule has 0 bridgehead atoms. The first-order chi connectivity index (χ1) is 15.4. The molecule has 0 atom stereocenters. The van der Waals surface area contributed by atoms with E-state index in [9.17, 15) is 0 Å². The number of para-hydroxylation sites is 1. The Balaban J connectivity index is 1.82. The summed E-state index contributed by atoms with van der Waals surface area (Å²) in [5.41, 5.74) is 8.87. The quantitative estimate of drug-likeness (QED) is 0.314. The second-order valence-electron chi connectivity index (χ2n) is 9.20. The number of fused-ring (bicyclic) bond motifs is 2. The summed E-state index contributed by atoms with van der Waals surface area (Å²) in [7, 11) is 2.19. The van der Waals surface area contributed by atoms with Crippen molar-refractivity contribution in [2.24, 2.45) is 7.05 Å². The zero-order valence-electron chi connectivity index (χ0n) is 19.8. The zero-order valence-corrected chi connectivity index (χ0v) is 19.8. The summed E-state index contributed by atoms with van der Waals surface area (Å²) in [4.78, 5) is 0. The van der Waals surface area contributed by atoms with Crippen LogP contribution in [0, 0.1) is 20.8 Å². The Morgan fingerprint density at radius 2 is 1.50 bits per heavy atom. The first-order valence-electron chi connectivity index (χ1n) is 11.4. The number of aromatic nitrogens is 3. The molecule has 0 unspecified atom stereocenters. The van der Waals surface area contributed by atoms with E-state index in [4.69, 9.17) is 0 Å². The van der Waals surface area contributed by atoms with E-state index in [0.29, 0.717) is 6.04 Å². The molecule has 0 amide bonds. The Kier molecular flexibility index (Phi) is 4.85. The minimum Gasteiger partial charge on any atom is -0.164 e. The predicted octanol–water partition coefficient (Wildman–Crippen LogP) is 6.07. The Morgan fingerprint density at radius 1 is 0.812 bits per heavy atom. The Bertz CT molecular complexity index is 1490. The summed E-state index contributed by atoms with van der Waals surface area (Å²) in [5.74, 6) is 0. The van der Waals surface area contributed by atoms with Crippen LogP contribution in [0.4, 0.5) is 0 Å². The van der Waals surface area contributed by atoms with Crippen LogP contribution in [0.25, 0.3) is 38.6 Å². The van der Waals surface area contributed by atoms with Gasteiger partial charge in [0, 0.05) is 30.0 Å². The van der Waals surface area contributed by atoms with Gasteiger partial charge in [0.1, 0.15) is 5.52 Å². The highest BCUT2D eigenvalue weighted by Crippen LogP contribution is 2.32. The third-order valence-electron chi connectivity index (χ3n) is 6.59. The maximum Gasteiger partial charge on any atom is 0.246 e. The van der Waals surface area contributed by atoms with Gasteiger partial charge in [-0.15, -0.1) is 4.68 Å². The van der Waals surface area contributed by atoms with Crippen LogP contribution >= 0.6 is 0 Å². The minimum absolute atomic E-state index is 0.375. The van der Waals surface area contributed by atoms with E-state index in [2.05, 4.69) is 129 Å². The van der Waals surface area contributed by atoms with E-state index < -0.39 is 0 Å². The summed E-state index contributed by atoms with van der Waals surface area (Å²) in [6.45, 7) is 11.1. The lowest BCUT2D eigenvalue weighted by Crippen LogP contribution is -2.41. The topological polar surface area (TPSA) is 12.7 Å². The molecule has 160 valence electrons. The molecule has 0 saturated heterocycles. The predicted molar refractivity (Wildman–Crippen MR) is 132 cm³/mol. The van der Waals surface area contributed by atoms with Gasteiger partial charge < -0.3 is 0 Å². The number of nitrogens with zero attached hydrogens (tertiary/aromatic N) is 3. The molecule has 0 N–H and O–H groups in total. The van der Waals surface area contributed by atoms with Crippen molar-refractivity contribution in [1.29, 1.82) is 0 Å². The van der Waals surface area contributed by atoms with Crippen LogP contribution in [-0.4, -0.2) is 4.68 Å². The lowest BCUT2D eigenvalue weighted by atomic mass is 9.97. The van der Waals surface area contributed by atoms with E-state index in [1.165, 1.54) is 55.4 Å². The first-order valence-corrected chi connectivity index (χ1v) is 11.4. The molecule has 0 aliphatic carbocycles. The van der Waals surface area contributed by atoms with Gasteiger partial charge in [0.2, 0.25) is 11.4 Å². The summed E-state index contributed by atoms with van der Waals surface area (Å²) in [6, 6.07) is 24.6. The van der Waals surface area contributed by atoms with Gasteiger partial charge in [0.05, 0.1) is 17.0 Å². The number of benzene rings is 3. The molecule has 0 spiro atoms. The van der Waals surface area contributed by atoms with E-state index in [-0.39, 0.29) is 0 Å². The van der Waals surface area contributed by atoms with Crippen molar-refractivity contribution in [3.8, 4) is 16.9 Å². The van der Waals surface area contributed by atoms with Gasteiger partial charge in [-0.25, -0.2) is 0 Å². The van der Waals surface area contributed by atoms with Crippen LogP contribution in [-0.2, 0) is 7.05 Å². The highest BCUT2D eigenvalue weighted by molar-refractivity contribution is 5.92. The molecular weight excluding hydrogens is 390 g/mol. The van der Waals surface area contributed by atoms with Crippen LogP contribution in [0.5, 0.6) is 0 Å². The molecule has 0 aliphatic heterocycles. The van der Waals surface area contributed by atoms with Crippen molar-refractivity contribution in [2.75, 3.05) is 0 Å². The smallest absolute Gasteiger partial charge is 0.164 e. The second-order valence-corrected chi connectivity index (χ2v) is 9.20. The molecule has 32 heavy (non-hydrogen) atoms. The molecular formula is C29H31N3+2. The van der Waals surface area contributed by atoms with Gasteiger partial charge in [-0.05, 0) is 62.9 Å². The fourth-order valence-corrected chi connectivity index (χ4v) is 5.15. The fraction of sp³-hybridized carbons (Fsp3) is 0.241. The van der Waals surface area contributed by atoms with Gasteiger partial charge in [-0.1, -0.05) is 30.3 Å². The van der Waals surface area contributed by atoms with E-state index in [1.54, 1.807) is 0 Å². The Labute approximate surface area is 190 Å². The van der Waals surface area contributed by atoms with Gasteiger partial charge in [-0.2, -0.15) is 9.25 Å². The normalized spacial score (nSPS) is 11.7. The highest BCUT2D eigenvalue weighted by Gasteiger charge is 2.29. The number of hydrogen-bond donors (Lipinski definition) is 0. The molecule has 5 aromatic rings. The molecule has 0 aliphatic rings. The standard InChI is InChI=1S/C29H31N3/c1-19(2)32-27-14-10-9-13-25(27)29(30(32)6)26-15-20(3)16-28(22(26)5)31-18-24-12-8-7-11-23(24)17-21(31)4/h7-19H,1-6H3/q+2. The molecule has 3 nitrogen and oxygen atoms in total. The van der Waals surface area contributed by atoms with Crippen LogP contribution in [0.1, 0.15) is 36.7 Å². The van der Waals surface area contributed by atoms with E-state index in [1.807, 2.05) is 0 Å². The van der Waals surface area contributed by atoms with Gasteiger partial charge >= 0.3 is 0 Å². The van der Waals surface area contributed by atoms with Crippen molar-refractivity contribution in [2.45, 2.75) is 40.7 Å². The molecule has 5 rings (SSSR count). The third kappa shape index (κ3) is 3.12. The maximum absolute atomic E-state index is 2.39. The number of hydrogen-bond acceptors (Lipinski definition) is 0. The molecule has 0 saturated carbocycles. The molecule has 0 fully saturated rings.